The van der Waals surface area contributed by atoms with Gasteiger partial charge in [-0.2, -0.15) is 13.2 Å². The predicted molar refractivity (Wildman–Crippen MR) is 105 cm³/mol. The van der Waals surface area contributed by atoms with E-state index in [2.05, 4.69) is 0 Å². The quantitative estimate of drug-likeness (QED) is 0.731. The summed E-state index contributed by atoms with van der Waals surface area (Å²) in [5.74, 6) is -0.152. The number of hydrogen-bond acceptors (Lipinski definition) is 3. The van der Waals surface area contributed by atoms with Gasteiger partial charge < -0.3 is 14.7 Å². The Labute approximate surface area is 178 Å². The molecule has 5 nitrogen and oxygen atoms in total. The molecule has 8 heteroatoms. The van der Waals surface area contributed by atoms with Gasteiger partial charge in [-0.25, -0.2) is 4.79 Å². The van der Waals surface area contributed by atoms with Crippen molar-refractivity contribution >= 4 is 11.9 Å². The summed E-state index contributed by atoms with van der Waals surface area (Å²) in [5.41, 5.74) is -1.14. The molecule has 1 aromatic rings. The lowest BCUT2D eigenvalue weighted by Crippen LogP contribution is -2.40. The van der Waals surface area contributed by atoms with E-state index < -0.39 is 29.7 Å². The fraction of sp³-hybridized carbons (Fsp3) is 0.652. The summed E-state index contributed by atoms with van der Waals surface area (Å²) in [6.07, 6.45) is 1.81. The Morgan fingerprint density at radius 3 is 2.52 bits per heavy atom. The second kappa shape index (κ2) is 7.14. The Morgan fingerprint density at radius 1 is 1.16 bits per heavy atom. The van der Waals surface area contributed by atoms with Crippen molar-refractivity contribution < 1.29 is 32.6 Å². The minimum Gasteiger partial charge on any atom is -0.492 e. The van der Waals surface area contributed by atoms with Crippen LogP contribution in [0.2, 0.25) is 0 Å². The van der Waals surface area contributed by atoms with Gasteiger partial charge in [0.05, 0.1) is 12.2 Å². The van der Waals surface area contributed by atoms with E-state index in [-0.39, 0.29) is 29.9 Å². The second-order valence-corrected chi connectivity index (χ2v) is 9.90. The zero-order chi connectivity index (χ0) is 22.0. The Bertz CT molecular complexity index is 901. The number of amides is 1. The number of alkyl halides is 3. The summed E-state index contributed by atoms with van der Waals surface area (Å²) in [5, 5.41) is 9.28. The Morgan fingerprint density at radius 2 is 1.87 bits per heavy atom. The van der Waals surface area contributed by atoms with Crippen molar-refractivity contribution in [3.8, 4) is 5.75 Å². The molecule has 0 aromatic heterocycles. The van der Waals surface area contributed by atoms with E-state index in [1.807, 2.05) is 0 Å². The number of benzene rings is 1. The van der Waals surface area contributed by atoms with E-state index in [1.165, 1.54) is 31.4 Å². The van der Waals surface area contributed by atoms with Crippen LogP contribution in [0.3, 0.4) is 0 Å². The van der Waals surface area contributed by atoms with Crippen molar-refractivity contribution in [1.82, 2.24) is 4.90 Å². The van der Waals surface area contributed by atoms with E-state index in [9.17, 15) is 27.9 Å². The molecule has 5 fully saturated rings. The number of carboxylic acid groups (broad SMARTS) is 1. The van der Waals surface area contributed by atoms with Crippen molar-refractivity contribution in [3.05, 3.63) is 29.3 Å². The van der Waals surface area contributed by atoms with Gasteiger partial charge in [0.25, 0.3) is 5.91 Å². The van der Waals surface area contributed by atoms with Crippen molar-refractivity contribution in [1.29, 1.82) is 0 Å². The molecule has 168 valence electrons. The van der Waals surface area contributed by atoms with Crippen LogP contribution in [-0.4, -0.2) is 41.1 Å². The molecule has 0 radical (unpaired) electrons. The first-order valence-electron chi connectivity index (χ1n) is 11.0. The molecular weight excluding hydrogens is 411 g/mol. The highest BCUT2D eigenvalue weighted by atomic mass is 19.4. The smallest absolute Gasteiger partial charge is 0.419 e. The normalized spacial score (nSPS) is 33.8. The summed E-state index contributed by atoms with van der Waals surface area (Å²) in [7, 11) is 0. The highest BCUT2D eigenvalue weighted by molar-refractivity contribution is 5.97. The van der Waals surface area contributed by atoms with Crippen molar-refractivity contribution in [2.24, 2.45) is 23.2 Å². The second-order valence-electron chi connectivity index (χ2n) is 9.90. The first-order valence-corrected chi connectivity index (χ1v) is 11.0. The lowest BCUT2D eigenvalue weighted by molar-refractivity contribution is -0.141. The van der Waals surface area contributed by atoms with Gasteiger partial charge in [-0.15, -0.1) is 0 Å². The minimum absolute atomic E-state index is 0.00476. The van der Waals surface area contributed by atoms with Crippen LogP contribution in [0.1, 0.15) is 60.9 Å². The standard InChI is InChI=1S/C23H26F3NO4/c24-23(25,26)17-9-15(20(28)27-5-1-2-18(27)21(29)30)3-4-19(17)31-12-22-10-13-6-14(11-22)8-16(22)7-13/h3-4,9,13-14,16,18H,1-2,5-8,10-12H2,(H,29,30)/t13?,14?,16?,18-,22?/m0/s1. The average Bonchev–Trinajstić information content (AvgIpc) is 3.35. The number of nitrogens with zero attached hydrogens (tertiary/aromatic N) is 1. The lowest BCUT2D eigenvalue weighted by atomic mass is 9.76. The predicted octanol–water partition coefficient (Wildman–Crippen LogP) is 4.60. The van der Waals surface area contributed by atoms with E-state index in [4.69, 9.17) is 4.74 Å². The van der Waals surface area contributed by atoms with Gasteiger partial charge in [0.1, 0.15) is 11.8 Å². The third-order valence-corrected chi connectivity index (χ3v) is 8.00. The Kier molecular flexibility index (Phi) is 4.75. The highest BCUT2D eigenvalue weighted by Crippen LogP contribution is 2.65. The van der Waals surface area contributed by atoms with Crippen LogP contribution in [0.4, 0.5) is 13.2 Å². The summed E-state index contributed by atoms with van der Waals surface area (Å²) < 4.78 is 47.2. The van der Waals surface area contributed by atoms with Crippen LogP contribution in [0.5, 0.6) is 5.75 Å². The maximum Gasteiger partial charge on any atom is 0.419 e. The van der Waals surface area contributed by atoms with Crippen LogP contribution in [0.15, 0.2) is 18.2 Å². The van der Waals surface area contributed by atoms with Gasteiger partial charge in [-0.3, -0.25) is 4.79 Å². The van der Waals surface area contributed by atoms with E-state index >= 15 is 0 Å². The fourth-order valence-electron chi connectivity index (χ4n) is 6.86. The molecule has 4 bridgehead atoms. The van der Waals surface area contributed by atoms with E-state index in [0.717, 1.165) is 23.8 Å². The average molecular weight is 437 g/mol. The number of carboxylic acids is 1. The minimum atomic E-state index is -4.67. The summed E-state index contributed by atoms with van der Waals surface area (Å²) in [6, 6.07) is 2.35. The molecule has 4 saturated carbocycles. The third kappa shape index (κ3) is 3.48. The molecule has 6 rings (SSSR count). The van der Waals surface area contributed by atoms with Crippen LogP contribution in [-0.2, 0) is 11.0 Å². The zero-order valence-corrected chi connectivity index (χ0v) is 17.2. The van der Waals surface area contributed by atoms with Gasteiger partial charge in [0.2, 0.25) is 0 Å². The number of halogens is 3. The molecule has 1 aromatic carbocycles. The molecule has 5 aliphatic rings. The van der Waals surface area contributed by atoms with Gasteiger partial charge in [-0.05, 0) is 80.9 Å². The van der Waals surface area contributed by atoms with Gasteiger partial charge >= 0.3 is 12.1 Å². The lowest BCUT2D eigenvalue weighted by Gasteiger charge is -2.33. The van der Waals surface area contributed by atoms with Gasteiger partial charge in [-0.1, -0.05) is 0 Å². The first kappa shape index (κ1) is 20.6. The summed E-state index contributed by atoms with van der Waals surface area (Å²) in [6.45, 7) is 0.510. The topological polar surface area (TPSA) is 66.8 Å². The molecule has 4 aliphatic carbocycles. The first-order chi connectivity index (χ1) is 14.7. The number of hydrogen-bond donors (Lipinski definition) is 1. The Balaban J connectivity index is 1.38. The molecule has 1 amide bonds. The van der Waals surface area contributed by atoms with Crippen molar-refractivity contribution in [2.75, 3.05) is 13.2 Å². The van der Waals surface area contributed by atoms with Crippen LogP contribution >= 0.6 is 0 Å². The fourth-order valence-corrected chi connectivity index (χ4v) is 6.86. The molecule has 0 spiro atoms. The zero-order valence-electron chi connectivity index (χ0n) is 17.2. The highest BCUT2D eigenvalue weighted by Gasteiger charge is 2.58. The maximum atomic E-state index is 13.8. The monoisotopic (exact) mass is 437 g/mol. The number of aliphatic carboxylic acids is 1. The summed E-state index contributed by atoms with van der Waals surface area (Å²) >= 11 is 0. The summed E-state index contributed by atoms with van der Waals surface area (Å²) in [4.78, 5) is 25.3. The number of carbonyl (C=O) groups excluding carboxylic acids is 1. The SMILES string of the molecule is O=C(O)[C@@H]1CCCN1C(=O)c1ccc(OCC23CC4CC(CC2C4)C3)c(C(F)(F)F)c1. The number of rotatable bonds is 5. The molecule has 3 atom stereocenters. The molecular formula is C23H26F3NO4. The molecule has 31 heavy (non-hydrogen) atoms. The molecule has 1 saturated heterocycles. The number of likely N-dealkylation sites (tertiary alicyclic amines) is 1. The van der Waals surface area contributed by atoms with Crippen molar-refractivity contribution in [3.63, 3.8) is 0 Å². The van der Waals surface area contributed by atoms with Crippen molar-refractivity contribution in [2.45, 2.75) is 57.2 Å². The third-order valence-electron chi connectivity index (χ3n) is 8.00. The van der Waals surface area contributed by atoms with E-state index in [0.29, 0.717) is 30.6 Å². The van der Waals surface area contributed by atoms with Crippen LogP contribution < -0.4 is 4.74 Å². The largest absolute Gasteiger partial charge is 0.492 e. The number of ether oxygens (including phenoxy) is 1. The molecule has 1 heterocycles. The van der Waals surface area contributed by atoms with Gasteiger partial charge in [0.15, 0.2) is 0 Å². The molecule has 2 unspecified atom stereocenters. The molecule has 1 N–H and O–H groups in total. The van der Waals surface area contributed by atoms with Crippen LogP contribution in [0, 0.1) is 23.2 Å². The number of carbonyl (C=O) groups is 2. The Hall–Kier alpha value is -2.25. The molecule has 1 aliphatic heterocycles. The van der Waals surface area contributed by atoms with E-state index in [1.54, 1.807) is 0 Å². The maximum absolute atomic E-state index is 13.8. The van der Waals surface area contributed by atoms with Gasteiger partial charge in [0, 0.05) is 17.5 Å². The van der Waals surface area contributed by atoms with Crippen LogP contribution in [0.25, 0.3) is 0 Å².